The summed E-state index contributed by atoms with van der Waals surface area (Å²) in [4.78, 5) is 13.1. The zero-order chi connectivity index (χ0) is 24.5. The highest BCUT2D eigenvalue weighted by Crippen LogP contribution is 2.33. The molecule has 3 aromatic rings. The van der Waals surface area contributed by atoms with Gasteiger partial charge in [0.25, 0.3) is 10.0 Å². The van der Waals surface area contributed by atoms with Crippen molar-refractivity contribution in [2.75, 3.05) is 10.8 Å². The van der Waals surface area contributed by atoms with Crippen LogP contribution >= 0.6 is 23.2 Å². The highest BCUT2D eigenvalue weighted by molar-refractivity contribution is 7.92. The smallest absolute Gasteiger partial charge is 0.264 e. The molecule has 0 aliphatic heterocycles. The molecule has 0 saturated carbocycles. The summed E-state index contributed by atoms with van der Waals surface area (Å²) in [5, 5.41) is 3.43. The Bertz CT molecular complexity index is 1320. The molecule has 8 heteroatoms. The number of benzene rings is 3. The number of aryl methyl sites for hydroxylation is 3. The van der Waals surface area contributed by atoms with Crippen molar-refractivity contribution in [1.29, 1.82) is 0 Å². The van der Waals surface area contributed by atoms with E-state index in [9.17, 15) is 13.2 Å². The van der Waals surface area contributed by atoms with Crippen LogP contribution in [0.2, 0.25) is 10.0 Å². The maximum atomic E-state index is 13.6. The second-order valence-electron chi connectivity index (χ2n) is 8.59. The molecule has 5 nitrogen and oxygen atoms in total. The topological polar surface area (TPSA) is 66.5 Å². The number of rotatable bonds is 7. The summed E-state index contributed by atoms with van der Waals surface area (Å²) in [5.41, 5.74) is 4.73. The van der Waals surface area contributed by atoms with Crippen LogP contribution in [0, 0.1) is 6.92 Å². The molecular weight excluding hydrogens is 491 g/mol. The number of halogens is 2. The number of nitrogens with one attached hydrogen (secondary N) is 1. The number of carbonyl (C=O) groups is 1. The fourth-order valence-electron chi connectivity index (χ4n) is 4.18. The Balaban J connectivity index is 1.62. The van der Waals surface area contributed by atoms with Crippen LogP contribution in [0.15, 0.2) is 65.6 Å². The number of fused-ring (bicyclic) bond motifs is 1. The summed E-state index contributed by atoms with van der Waals surface area (Å²) in [6.07, 6.45) is 3.27. The van der Waals surface area contributed by atoms with Gasteiger partial charge in [0.15, 0.2) is 0 Å². The van der Waals surface area contributed by atoms with Crippen molar-refractivity contribution in [3.63, 3.8) is 0 Å². The number of anilines is 1. The number of amides is 1. The van der Waals surface area contributed by atoms with Gasteiger partial charge in [0.05, 0.1) is 21.6 Å². The SMILES string of the molecule is Cc1ccc(S(=O)(=O)N(CC(=O)N[C@H](C)c2ccc3c(c2)CCC3)c2cc(Cl)ccc2Cl)cc1. The quantitative estimate of drug-likeness (QED) is 0.427. The van der Waals surface area contributed by atoms with Crippen LogP contribution in [-0.2, 0) is 27.7 Å². The van der Waals surface area contributed by atoms with Crippen LogP contribution in [0.1, 0.15) is 41.6 Å². The van der Waals surface area contributed by atoms with E-state index in [-0.39, 0.29) is 21.6 Å². The summed E-state index contributed by atoms with van der Waals surface area (Å²) < 4.78 is 28.2. The van der Waals surface area contributed by atoms with Gasteiger partial charge in [-0.25, -0.2) is 8.42 Å². The van der Waals surface area contributed by atoms with Crippen LogP contribution in [0.5, 0.6) is 0 Å². The van der Waals surface area contributed by atoms with Gasteiger partial charge in [-0.1, -0.05) is 59.1 Å². The molecule has 0 heterocycles. The lowest BCUT2D eigenvalue weighted by atomic mass is 10.0. The summed E-state index contributed by atoms with van der Waals surface area (Å²) >= 11 is 12.5. The van der Waals surface area contributed by atoms with Gasteiger partial charge >= 0.3 is 0 Å². The van der Waals surface area contributed by atoms with Crippen molar-refractivity contribution in [2.24, 2.45) is 0 Å². The monoisotopic (exact) mass is 516 g/mol. The molecule has 178 valence electrons. The maximum Gasteiger partial charge on any atom is 0.264 e. The molecule has 4 rings (SSSR count). The molecule has 1 atom stereocenters. The highest BCUT2D eigenvalue weighted by Gasteiger charge is 2.29. The van der Waals surface area contributed by atoms with Crippen molar-refractivity contribution < 1.29 is 13.2 Å². The molecule has 1 N–H and O–H groups in total. The number of carbonyl (C=O) groups excluding carboxylic acids is 1. The van der Waals surface area contributed by atoms with E-state index in [1.54, 1.807) is 18.2 Å². The lowest BCUT2D eigenvalue weighted by molar-refractivity contribution is -0.120. The Hall–Kier alpha value is -2.54. The highest BCUT2D eigenvalue weighted by atomic mass is 35.5. The number of sulfonamides is 1. The molecule has 0 fully saturated rings. The Kier molecular flexibility index (Phi) is 7.22. The Labute approximate surface area is 210 Å². The molecule has 1 aliphatic rings. The number of hydrogen-bond donors (Lipinski definition) is 1. The molecule has 0 aromatic heterocycles. The average Bonchev–Trinajstić information content (AvgIpc) is 3.27. The van der Waals surface area contributed by atoms with E-state index < -0.39 is 22.5 Å². The lowest BCUT2D eigenvalue weighted by Gasteiger charge is -2.26. The predicted molar refractivity (Wildman–Crippen MR) is 137 cm³/mol. The van der Waals surface area contributed by atoms with E-state index in [4.69, 9.17) is 23.2 Å². The van der Waals surface area contributed by atoms with Gasteiger partial charge in [-0.2, -0.15) is 0 Å². The fourth-order valence-corrected chi connectivity index (χ4v) is 6.04. The average molecular weight is 517 g/mol. The minimum absolute atomic E-state index is 0.0635. The van der Waals surface area contributed by atoms with E-state index in [1.165, 1.54) is 35.4 Å². The van der Waals surface area contributed by atoms with Crippen LogP contribution in [-0.4, -0.2) is 20.9 Å². The van der Waals surface area contributed by atoms with Crippen LogP contribution in [0.25, 0.3) is 0 Å². The van der Waals surface area contributed by atoms with Crippen molar-refractivity contribution in [3.8, 4) is 0 Å². The zero-order valence-electron chi connectivity index (χ0n) is 19.0. The first-order valence-corrected chi connectivity index (χ1v) is 13.3. The van der Waals surface area contributed by atoms with E-state index in [0.29, 0.717) is 5.02 Å². The summed E-state index contributed by atoms with van der Waals surface area (Å²) in [6, 6.07) is 17.0. The van der Waals surface area contributed by atoms with Gasteiger partial charge < -0.3 is 5.32 Å². The number of nitrogens with zero attached hydrogens (tertiary/aromatic N) is 1. The molecule has 1 amide bonds. The Morgan fingerprint density at radius 1 is 1.00 bits per heavy atom. The van der Waals surface area contributed by atoms with Crippen LogP contribution < -0.4 is 9.62 Å². The summed E-state index contributed by atoms with van der Waals surface area (Å²) in [7, 11) is -4.08. The van der Waals surface area contributed by atoms with E-state index in [2.05, 4.69) is 17.4 Å². The van der Waals surface area contributed by atoms with Crippen molar-refractivity contribution in [1.82, 2.24) is 5.32 Å². The van der Waals surface area contributed by atoms with Crippen LogP contribution in [0.4, 0.5) is 5.69 Å². The zero-order valence-corrected chi connectivity index (χ0v) is 21.3. The van der Waals surface area contributed by atoms with Crippen molar-refractivity contribution in [2.45, 2.75) is 44.0 Å². The van der Waals surface area contributed by atoms with Gasteiger partial charge in [-0.15, -0.1) is 0 Å². The molecule has 0 spiro atoms. The second-order valence-corrected chi connectivity index (χ2v) is 11.3. The maximum absolute atomic E-state index is 13.6. The van der Waals surface area contributed by atoms with Crippen LogP contribution in [0.3, 0.4) is 0 Å². The van der Waals surface area contributed by atoms with Gasteiger partial charge in [-0.3, -0.25) is 9.10 Å². The van der Waals surface area contributed by atoms with E-state index in [0.717, 1.165) is 34.7 Å². The van der Waals surface area contributed by atoms with E-state index in [1.807, 2.05) is 19.9 Å². The fraction of sp³-hybridized carbons (Fsp3) is 0.269. The molecule has 3 aromatic carbocycles. The Morgan fingerprint density at radius 2 is 1.71 bits per heavy atom. The first kappa shape index (κ1) is 24.6. The van der Waals surface area contributed by atoms with Gasteiger partial charge in [0, 0.05) is 5.02 Å². The molecule has 0 saturated heterocycles. The minimum Gasteiger partial charge on any atom is -0.348 e. The van der Waals surface area contributed by atoms with Gasteiger partial charge in [-0.05, 0) is 80.1 Å². The van der Waals surface area contributed by atoms with Crippen molar-refractivity contribution in [3.05, 3.63) is 93.0 Å². The third-order valence-corrected chi connectivity index (χ3v) is 8.40. The molecule has 0 bridgehead atoms. The largest absolute Gasteiger partial charge is 0.348 e. The molecular formula is C26H26Cl2N2O3S. The predicted octanol–water partition coefficient (Wildman–Crippen LogP) is 5.86. The second kappa shape index (κ2) is 9.98. The first-order chi connectivity index (χ1) is 16.1. The van der Waals surface area contributed by atoms with Gasteiger partial charge in [0.1, 0.15) is 6.54 Å². The van der Waals surface area contributed by atoms with E-state index >= 15 is 0 Å². The number of hydrogen-bond acceptors (Lipinski definition) is 3. The van der Waals surface area contributed by atoms with Crippen molar-refractivity contribution >= 4 is 44.8 Å². The molecule has 34 heavy (non-hydrogen) atoms. The van der Waals surface area contributed by atoms with Gasteiger partial charge in [0.2, 0.25) is 5.91 Å². The third kappa shape index (κ3) is 5.24. The minimum atomic E-state index is -4.08. The molecule has 0 radical (unpaired) electrons. The summed E-state index contributed by atoms with van der Waals surface area (Å²) in [6.45, 7) is 3.32. The summed E-state index contributed by atoms with van der Waals surface area (Å²) in [5.74, 6) is -0.445. The normalized spacial score (nSPS) is 13.9. The third-order valence-electron chi connectivity index (χ3n) is 6.07. The first-order valence-electron chi connectivity index (χ1n) is 11.1. The standard InChI is InChI=1S/C26H26Cl2N2O3S/c1-17-6-11-23(12-7-17)34(32,33)30(25-15-22(27)10-13-24(25)28)16-26(31)29-18(2)20-9-8-19-4-3-5-21(19)14-20/h6-15,18H,3-5,16H2,1-2H3,(H,29,31)/t18-/m1/s1. The lowest BCUT2D eigenvalue weighted by Crippen LogP contribution is -2.41. The molecule has 0 unspecified atom stereocenters. The molecule has 1 aliphatic carbocycles. The Morgan fingerprint density at radius 3 is 2.44 bits per heavy atom.